The van der Waals surface area contributed by atoms with Crippen LogP contribution < -0.4 is 0 Å². The fourth-order valence-electron chi connectivity index (χ4n) is 4.63. The Morgan fingerprint density at radius 1 is 1.20 bits per heavy atom. The van der Waals surface area contributed by atoms with E-state index in [0.29, 0.717) is 38.3 Å². The van der Waals surface area contributed by atoms with E-state index in [9.17, 15) is 23.5 Å². The zero-order valence-corrected chi connectivity index (χ0v) is 14.5. The van der Waals surface area contributed by atoms with Gasteiger partial charge in [0.2, 0.25) is 11.8 Å². The molecule has 5 nitrogen and oxygen atoms in total. The first-order valence-electron chi connectivity index (χ1n) is 9.38. The van der Waals surface area contributed by atoms with Crippen LogP contribution in [0, 0.1) is 11.3 Å². The summed E-state index contributed by atoms with van der Waals surface area (Å²) < 4.78 is 28.8. The van der Waals surface area contributed by atoms with Crippen LogP contribution in [-0.2, 0) is 9.59 Å². The summed E-state index contributed by atoms with van der Waals surface area (Å²) in [6.07, 6.45) is 3.98. The van der Waals surface area contributed by atoms with E-state index in [2.05, 4.69) is 0 Å². The maximum Gasteiger partial charge on any atom is 0.266 e. The second kappa shape index (κ2) is 5.63. The van der Waals surface area contributed by atoms with Gasteiger partial charge in [0.25, 0.3) is 5.92 Å². The normalized spacial score (nSPS) is 33.6. The van der Waals surface area contributed by atoms with Crippen molar-refractivity contribution in [1.82, 2.24) is 9.80 Å². The number of carbonyl (C=O) groups excluding carboxylic acids is 2. The van der Waals surface area contributed by atoms with E-state index >= 15 is 0 Å². The van der Waals surface area contributed by atoms with Crippen LogP contribution in [0.3, 0.4) is 0 Å². The van der Waals surface area contributed by atoms with Gasteiger partial charge in [-0.15, -0.1) is 0 Å². The predicted molar refractivity (Wildman–Crippen MR) is 85.9 cm³/mol. The molecular formula is C18H26F2N2O3. The lowest BCUT2D eigenvalue weighted by Crippen LogP contribution is -2.58. The van der Waals surface area contributed by atoms with E-state index in [1.54, 1.807) is 4.90 Å². The van der Waals surface area contributed by atoms with Crippen LogP contribution in [0.5, 0.6) is 0 Å². The standard InChI is InChI=1S/C18H26F2N2O3/c19-18(20)10-16(6-7-21(15(16)24)9-13-2-3-13)11-22(12-18)14(23)8-17(25)4-1-5-17/h13,25H,1-12H2. The summed E-state index contributed by atoms with van der Waals surface area (Å²) in [4.78, 5) is 28.2. The smallest absolute Gasteiger partial charge is 0.266 e. The summed E-state index contributed by atoms with van der Waals surface area (Å²) in [5, 5.41) is 10.2. The Kier molecular flexibility index (Phi) is 3.87. The quantitative estimate of drug-likeness (QED) is 0.835. The first-order valence-corrected chi connectivity index (χ1v) is 9.38. The molecule has 1 N–H and O–H groups in total. The minimum absolute atomic E-state index is 0.0670. The highest BCUT2D eigenvalue weighted by Crippen LogP contribution is 2.47. The monoisotopic (exact) mass is 356 g/mol. The van der Waals surface area contributed by atoms with E-state index in [1.807, 2.05) is 0 Å². The van der Waals surface area contributed by atoms with Crippen molar-refractivity contribution in [3.8, 4) is 0 Å². The number of likely N-dealkylation sites (tertiary alicyclic amines) is 2. The molecule has 4 aliphatic rings. The zero-order valence-electron chi connectivity index (χ0n) is 14.5. The maximum atomic E-state index is 14.4. The minimum Gasteiger partial charge on any atom is -0.389 e. The average molecular weight is 356 g/mol. The largest absolute Gasteiger partial charge is 0.389 e. The van der Waals surface area contributed by atoms with E-state index in [1.165, 1.54) is 0 Å². The van der Waals surface area contributed by atoms with Crippen LogP contribution in [0.4, 0.5) is 8.78 Å². The summed E-state index contributed by atoms with van der Waals surface area (Å²) >= 11 is 0. The molecule has 0 aromatic carbocycles. The molecule has 2 aliphatic heterocycles. The molecule has 0 radical (unpaired) electrons. The third-order valence-electron chi connectivity index (χ3n) is 6.41. The van der Waals surface area contributed by atoms with Gasteiger partial charge in [0.05, 0.1) is 24.0 Å². The average Bonchev–Trinajstić information content (AvgIpc) is 3.26. The van der Waals surface area contributed by atoms with Crippen molar-refractivity contribution in [2.45, 2.75) is 62.9 Å². The molecule has 2 amide bonds. The van der Waals surface area contributed by atoms with Gasteiger partial charge in [-0.3, -0.25) is 9.59 Å². The molecular weight excluding hydrogens is 330 g/mol. The first kappa shape index (κ1) is 17.2. The lowest BCUT2D eigenvalue weighted by atomic mass is 9.75. The van der Waals surface area contributed by atoms with E-state index in [-0.39, 0.29) is 18.9 Å². The molecule has 2 aliphatic carbocycles. The number of alkyl halides is 2. The molecule has 2 heterocycles. The van der Waals surface area contributed by atoms with Gasteiger partial charge in [-0.1, -0.05) is 0 Å². The zero-order chi connectivity index (χ0) is 17.9. The molecule has 0 aromatic rings. The molecule has 4 fully saturated rings. The van der Waals surface area contributed by atoms with Gasteiger partial charge < -0.3 is 14.9 Å². The summed E-state index contributed by atoms with van der Waals surface area (Å²) in [6.45, 7) is 0.605. The number of hydrogen-bond donors (Lipinski definition) is 1. The molecule has 2 saturated heterocycles. The Morgan fingerprint density at radius 3 is 2.52 bits per heavy atom. The highest BCUT2D eigenvalue weighted by molar-refractivity contribution is 5.87. The van der Waals surface area contributed by atoms with Gasteiger partial charge >= 0.3 is 0 Å². The molecule has 0 aromatic heterocycles. The van der Waals surface area contributed by atoms with Crippen LogP contribution in [0.1, 0.15) is 51.4 Å². The SMILES string of the molecule is O=C(CC1(O)CCC1)N1CC(F)(F)CC2(CCN(CC3CC3)C2=O)C1. The summed E-state index contributed by atoms with van der Waals surface area (Å²) in [5.74, 6) is -3.19. The van der Waals surface area contributed by atoms with Crippen molar-refractivity contribution in [3.63, 3.8) is 0 Å². The number of aliphatic hydroxyl groups is 1. The highest BCUT2D eigenvalue weighted by atomic mass is 19.3. The van der Waals surface area contributed by atoms with Crippen molar-refractivity contribution in [1.29, 1.82) is 0 Å². The van der Waals surface area contributed by atoms with Crippen molar-refractivity contribution in [3.05, 3.63) is 0 Å². The number of amides is 2. The van der Waals surface area contributed by atoms with Gasteiger partial charge in [0.15, 0.2) is 0 Å². The number of hydrogen-bond acceptors (Lipinski definition) is 3. The van der Waals surface area contributed by atoms with Gasteiger partial charge in [0, 0.05) is 26.1 Å². The molecule has 2 saturated carbocycles. The van der Waals surface area contributed by atoms with Crippen LogP contribution in [0.2, 0.25) is 0 Å². The predicted octanol–water partition coefficient (Wildman–Crippen LogP) is 1.79. The number of nitrogens with zero attached hydrogens (tertiary/aromatic N) is 2. The van der Waals surface area contributed by atoms with E-state index in [4.69, 9.17) is 0 Å². The third-order valence-corrected chi connectivity index (χ3v) is 6.41. The Hall–Kier alpha value is -1.24. The summed E-state index contributed by atoms with van der Waals surface area (Å²) in [6, 6.07) is 0. The number of carbonyl (C=O) groups is 2. The topological polar surface area (TPSA) is 60.9 Å². The first-order chi connectivity index (χ1) is 11.7. The van der Waals surface area contributed by atoms with Crippen molar-refractivity contribution < 1.29 is 23.5 Å². The number of piperidine rings is 1. The Balaban J connectivity index is 1.48. The molecule has 7 heteroatoms. The molecule has 0 bridgehead atoms. The van der Waals surface area contributed by atoms with E-state index in [0.717, 1.165) is 24.2 Å². The van der Waals surface area contributed by atoms with Gasteiger partial charge in [-0.25, -0.2) is 8.78 Å². The van der Waals surface area contributed by atoms with Crippen molar-refractivity contribution in [2.75, 3.05) is 26.2 Å². The Bertz CT molecular complexity index is 589. The van der Waals surface area contributed by atoms with Crippen LogP contribution >= 0.6 is 0 Å². The molecule has 4 rings (SSSR count). The fraction of sp³-hybridized carbons (Fsp3) is 0.889. The van der Waals surface area contributed by atoms with Crippen molar-refractivity contribution in [2.24, 2.45) is 11.3 Å². The third kappa shape index (κ3) is 3.27. The Morgan fingerprint density at radius 2 is 1.92 bits per heavy atom. The summed E-state index contributed by atoms with van der Waals surface area (Å²) in [7, 11) is 0. The molecule has 1 unspecified atom stereocenters. The molecule has 1 atom stereocenters. The lowest BCUT2D eigenvalue weighted by Gasteiger charge is -2.44. The van der Waals surface area contributed by atoms with Crippen LogP contribution in [0.15, 0.2) is 0 Å². The van der Waals surface area contributed by atoms with Crippen LogP contribution in [0.25, 0.3) is 0 Å². The van der Waals surface area contributed by atoms with E-state index < -0.39 is 35.8 Å². The lowest BCUT2D eigenvalue weighted by molar-refractivity contribution is -0.167. The van der Waals surface area contributed by atoms with Gasteiger partial charge in [-0.2, -0.15) is 0 Å². The van der Waals surface area contributed by atoms with Gasteiger partial charge in [0.1, 0.15) is 0 Å². The summed E-state index contributed by atoms with van der Waals surface area (Å²) in [5.41, 5.74) is -2.18. The Labute approximate surface area is 146 Å². The molecule has 1 spiro atoms. The molecule has 140 valence electrons. The van der Waals surface area contributed by atoms with Crippen LogP contribution in [-0.4, -0.2) is 64.4 Å². The fourth-order valence-corrected chi connectivity index (χ4v) is 4.63. The second-order valence-corrected chi connectivity index (χ2v) is 8.76. The highest BCUT2D eigenvalue weighted by Gasteiger charge is 2.58. The molecule has 25 heavy (non-hydrogen) atoms. The maximum absolute atomic E-state index is 14.4. The number of rotatable bonds is 4. The van der Waals surface area contributed by atoms with Crippen molar-refractivity contribution >= 4 is 11.8 Å². The number of halogens is 2. The van der Waals surface area contributed by atoms with Gasteiger partial charge in [-0.05, 0) is 44.4 Å². The second-order valence-electron chi connectivity index (χ2n) is 8.76. The minimum atomic E-state index is -3.05.